The van der Waals surface area contributed by atoms with Gasteiger partial charge >= 0.3 is 6.09 Å². The van der Waals surface area contributed by atoms with Gasteiger partial charge in [-0.1, -0.05) is 32.0 Å². The Balaban J connectivity index is 2.27. The molecule has 7 nitrogen and oxygen atoms in total. The molecule has 0 saturated carbocycles. The van der Waals surface area contributed by atoms with E-state index in [4.69, 9.17) is 0 Å². The van der Waals surface area contributed by atoms with Crippen molar-refractivity contribution in [3.8, 4) is 5.69 Å². The first-order valence-electron chi connectivity index (χ1n) is 6.82. The number of benzene rings is 1. The third-order valence-electron chi connectivity index (χ3n) is 3.03. The molecule has 0 radical (unpaired) electrons. The van der Waals surface area contributed by atoms with Gasteiger partial charge in [0.25, 0.3) is 5.91 Å². The number of methoxy groups -OCH3 is 1. The lowest BCUT2D eigenvalue weighted by atomic mass is 10.1. The van der Waals surface area contributed by atoms with Gasteiger partial charge in [-0.25, -0.2) is 14.9 Å². The number of ether oxygens (including phenoxy) is 1. The SMILES string of the molecule is COC(=O)NNC(=O)c1cc(C(C)C)n(-c2ccccc2)n1. The molecule has 0 spiro atoms. The Kier molecular flexibility index (Phi) is 4.77. The van der Waals surface area contributed by atoms with Crippen molar-refractivity contribution in [2.24, 2.45) is 0 Å². The second-order valence-electron chi connectivity index (χ2n) is 4.93. The van der Waals surface area contributed by atoms with Crippen LogP contribution in [0.2, 0.25) is 0 Å². The number of nitrogens with one attached hydrogen (secondary N) is 2. The summed E-state index contributed by atoms with van der Waals surface area (Å²) in [7, 11) is 1.21. The Hall–Kier alpha value is -2.83. The average molecular weight is 302 g/mol. The highest BCUT2D eigenvalue weighted by Crippen LogP contribution is 2.20. The van der Waals surface area contributed by atoms with E-state index < -0.39 is 12.0 Å². The number of nitrogens with zero attached hydrogens (tertiary/aromatic N) is 2. The van der Waals surface area contributed by atoms with E-state index in [0.717, 1.165) is 11.4 Å². The van der Waals surface area contributed by atoms with E-state index in [1.54, 1.807) is 10.7 Å². The van der Waals surface area contributed by atoms with Crippen molar-refractivity contribution in [1.29, 1.82) is 0 Å². The molecule has 2 aromatic rings. The second kappa shape index (κ2) is 6.75. The van der Waals surface area contributed by atoms with Gasteiger partial charge in [0.15, 0.2) is 5.69 Å². The predicted molar refractivity (Wildman–Crippen MR) is 80.7 cm³/mol. The van der Waals surface area contributed by atoms with E-state index in [1.807, 2.05) is 44.2 Å². The van der Waals surface area contributed by atoms with Gasteiger partial charge in [0, 0.05) is 5.69 Å². The number of hydrogen-bond donors (Lipinski definition) is 2. The molecule has 0 aliphatic carbocycles. The fourth-order valence-electron chi connectivity index (χ4n) is 1.92. The van der Waals surface area contributed by atoms with Crippen molar-refractivity contribution in [1.82, 2.24) is 20.6 Å². The summed E-state index contributed by atoms with van der Waals surface area (Å²) >= 11 is 0. The van der Waals surface area contributed by atoms with E-state index in [1.165, 1.54) is 7.11 Å². The third-order valence-corrected chi connectivity index (χ3v) is 3.03. The van der Waals surface area contributed by atoms with Crippen LogP contribution in [0.4, 0.5) is 4.79 Å². The summed E-state index contributed by atoms with van der Waals surface area (Å²) in [4.78, 5) is 23.0. The summed E-state index contributed by atoms with van der Waals surface area (Å²) in [5.41, 5.74) is 6.34. The fourth-order valence-corrected chi connectivity index (χ4v) is 1.92. The molecule has 1 aromatic carbocycles. The van der Waals surface area contributed by atoms with E-state index in [0.29, 0.717) is 0 Å². The summed E-state index contributed by atoms with van der Waals surface area (Å²) in [6.07, 6.45) is -0.750. The van der Waals surface area contributed by atoms with Gasteiger partial charge < -0.3 is 4.74 Å². The normalized spacial score (nSPS) is 10.4. The fraction of sp³-hybridized carbons (Fsp3) is 0.267. The molecule has 0 unspecified atom stereocenters. The molecule has 7 heteroatoms. The smallest absolute Gasteiger partial charge is 0.425 e. The first-order valence-corrected chi connectivity index (χ1v) is 6.82. The Morgan fingerprint density at radius 3 is 2.45 bits per heavy atom. The standard InChI is InChI=1S/C15H18N4O3/c1-10(2)13-9-12(14(20)16-17-15(21)22-3)18-19(13)11-7-5-4-6-8-11/h4-10H,1-3H3,(H,16,20)(H,17,21). The minimum absolute atomic E-state index is 0.183. The lowest BCUT2D eigenvalue weighted by Gasteiger charge is -2.09. The molecular weight excluding hydrogens is 284 g/mol. The van der Waals surface area contributed by atoms with Crippen molar-refractivity contribution in [2.75, 3.05) is 7.11 Å². The molecular formula is C15H18N4O3. The number of carbonyl (C=O) groups is 2. The summed E-state index contributed by atoms with van der Waals surface area (Å²) in [6, 6.07) is 11.2. The molecule has 0 atom stereocenters. The van der Waals surface area contributed by atoms with Crippen LogP contribution in [0, 0.1) is 0 Å². The maximum atomic E-state index is 12.0. The molecule has 116 valence electrons. The molecule has 0 saturated heterocycles. The molecule has 1 heterocycles. The molecule has 0 aliphatic rings. The van der Waals surface area contributed by atoms with Crippen molar-refractivity contribution >= 4 is 12.0 Å². The Bertz CT molecular complexity index is 665. The van der Waals surface area contributed by atoms with Crippen LogP contribution >= 0.6 is 0 Å². The number of hydrogen-bond acceptors (Lipinski definition) is 4. The molecule has 0 bridgehead atoms. The van der Waals surface area contributed by atoms with Crippen molar-refractivity contribution < 1.29 is 14.3 Å². The maximum Gasteiger partial charge on any atom is 0.425 e. The van der Waals surface area contributed by atoms with Crippen molar-refractivity contribution in [2.45, 2.75) is 19.8 Å². The van der Waals surface area contributed by atoms with Crippen LogP contribution in [-0.4, -0.2) is 28.9 Å². The lowest BCUT2D eigenvalue weighted by Crippen LogP contribution is -2.41. The summed E-state index contributed by atoms with van der Waals surface area (Å²) in [5, 5.41) is 4.32. The summed E-state index contributed by atoms with van der Waals surface area (Å²) in [6.45, 7) is 4.04. The molecule has 1 aromatic heterocycles. The summed E-state index contributed by atoms with van der Waals surface area (Å²) < 4.78 is 6.10. The monoisotopic (exact) mass is 302 g/mol. The zero-order chi connectivity index (χ0) is 16.1. The van der Waals surface area contributed by atoms with Gasteiger partial charge in [0.2, 0.25) is 0 Å². The predicted octanol–water partition coefficient (Wildman–Crippen LogP) is 2.00. The molecule has 0 aliphatic heterocycles. The number of rotatable bonds is 3. The number of hydrazine groups is 1. The second-order valence-corrected chi connectivity index (χ2v) is 4.93. The van der Waals surface area contributed by atoms with Crippen LogP contribution in [0.25, 0.3) is 5.69 Å². The minimum atomic E-state index is -0.750. The zero-order valence-electron chi connectivity index (χ0n) is 12.7. The first kappa shape index (κ1) is 15.6. The van der Waals surface area contributed by atoms with Gasteiger partial charge in [-0.3, -0.25) is 10.2 Å². The average Bonchev–Trinajstić information content (AvgIpc) is 2.98. The van der Waals surface area contributed by atoms with Crippen LogP contribution in [0.1, 0.15) is 35.9 Å². The van der Waals surface area contributed by atoms with E-state index >= 15 is 0 Å². The minimum Gasteiger partial charge on any atom is -0.452 e. The number of para-hydroxylation sites is 1. The van der Waals surface area contributed by atoms with Gasteiger partial charge in [-0.15, -0.1) is 0 Å². The highest BCUT2D eigenvalue weighted by Gasteiger charge is 2.17. The van der Waals surface area contributed by atoms with E-state index in [-0.39, 0.29) is 11.6 Å². The maximum absolute atomic E-state index is 12.0. The largest absolute Gasteiger partial charge is 0.452 e. The molecule has 2 amide bonds. The van der Waals surface area contributed by atoms with Gasteiger partial charge in [-0.05, 0) is 24.1 Å². The molecule has 22 heavy (non-hydrogen) atoms. The van der Waals surface area contributed by atoms with Gasteiger partial charge in [0.05, 0.1) is 12.8 Å². The van der Waals surface area contributed by atoms with Crippen LogP contribution in [0.5, 0.6) is 0 Å². The Morgan fingerprint density at radius 1 is 1.18 bits per heavy atom. The molecule has 2 rings (SSSR count). The highest BCUT2D eigenvalue weighted by atomic mass is 16.5. The first-order chi connectivity index (χ1) is 10.5. The number of carbonyl (C=O) groups excluding carboxylic acids is 2. The van der Waals surface area contributed by atoms with Crippen LogP contribution < -0.4 is 10.9 Å². The number of aromatic nitrogens is 2. The Morgan fingerprint density at radius 2 is 1.86 bits per heavy atom. The summed E-state index contributed by atoms with van der Waals surface area (Å²) in [5.74, 6) is -0.329. The van der Waals surface area contributed by atoms with Crippen molar-refractivity contribution in [3.63, 3.8) is 0 Å². The topological polar surface area (TPSA) is 85.3 Å². The van der Waals surface area contributed by atoms with E-state index in [9.17, 15) is 9.59 Å². The zero-order valence-corrected chi connectivity index (χ0v) is 12.7. The van der Waals surface area contributed by atoms with E-state index in [2.05, 4.69) is 20.7 Å². The van der Waals surface area contributed by atoms with Crippen LogP contribution in [0.3, 0.4) is 0 Å². The lowest BCUT2D eigenvalue weighted by molar-refractivity contribution is 0.0915. The Labute approximate surface area is 128 Å². The van der Waals surface area contributed by atoms with Crippen LogP contribution in [0.15, 0.2) is 36.4 Å². The third kappa shape index (κ3) is 3.43. The van der Waals surface area contributed by atoms with Gasteiger partial charge in [0.1, 0.15) is 0 Å². The molecule has 2 N–H and O–H groups in total. The van der Waals surface area contributed by atoms with Crippen LogP contribution in [-0.2, 0) is 4.74 Å². The molecule has 0 fully saturated rings. The quantitative estimate of drug-likeness (QED) is 0.849. The number of amides is 2. The van der Waals surface area contributed by atoms with Crippen molar-refractivity contribution in [3.05, 3.63) is 47.8 Å². The highest BCUT2D eigenvalue weighted by molar-refractivity contribution is 5.93. The van der Waals surface area contributed by atoms with Gasteiger partial charge in [-0.2, -0.15) is 5.10 Å².